The zero-order chi connectivity index (χ0) is 18.9. The summed E-state index contributed by atoms with van der Waals surface area (Å²) in [5, 5.41) is 13.7. The van der Waals surface area contributed by atoms with Gasteiger partial charge in [0.25, 0.3) is 0 Å². The Balaban J connectivity index is 2.02. The first-order valence-electron chi connectivity index (χ1n) is 8.11. The van der Waals surface area contributed by atoms with Gasteiger partial charge in [-0.2, -0.15) is 0 Å². The standard InChI is InChI=1S/C19H19FN2O4/c1-2-11-26-18-9-7-14(12-17(18)22(24)25)8-10-19(23)21-13-15-5-3-4-6-16(15)20/h3-10,12H,2,11,13H2,1H3,(H,21,23)/b10-8+. The summed E-state index contributed by atoms with van der Waals surface area (Å²) in [6.07, 6.45) is 3.43. The molecule has 0 aliphatic heterocycles. The summed E-state index contributed by atoms with van der Waals surface area (Å²) >= 11 is 0. The minimum absolute atomic E-state index is 0.0553. The molecule has 136 valence electrons. The zero-order valence-corrected chi connectivity index (χ0v) is 14.3. The first kappa shape index (κ1) is 19.1. The van der Waals surface area contributed by atoms with Crippen molar-refractivity contribution < 1.29 is 18.8 Å². The summed E-state index contributed by atoms with van der Waals surface area (Å²) < 4.78 is 18.8. The second kappa shape index (κ2) is 9.31. The predicted molar refractivity (Wildman–Crippen MR) is 96.2 cm³/mol. The zero-order valence-electron chi connectivity index (χ0n) is 14.3. The highest BCUT2D eigenvalue weighted by Crippen LogP contribution is 2.28. The molecule has 0 bridgehead atoms. The van der Waals surface area contributed by atoms with Crippen LogP contribution in [0.25, 0.3) is 6.08 Å². The highest BCUT2D eigenvalue weighted by atomic mass is 19.1. The molecule has 0 spiro atoms. The van der Waals surface area contributed by atoms with Crippen LogP contribution in [0.4, 0.5) is 10.1 Å². The lowest BCUT2D eigenvalue weighted by atomic mass is 10.1. The van der Waals surface area contributed by atoms with Crippen LogP contribution in [0, 0.1) is 15.9 Å². The van der Waals surface area contributed by atoms with Gasteiger partial charge in [0.1, 0.15) is 5.82 Å². The minimum Gasteiger partial charge on any atom is -0.487 e. The number of carbonyl (C=O) groups is 1. The molecule has 2 aromatic rings. The van der Waals surface area contributed by atoms with E-state index >= 15 is 0 Å². The first-order chi connectivity index (χ1) is 12.5. The molecule has 0 saturated heterocycles. The van der Waals surface area contributed by atoms with Gasteiger partial charge >= 0.3 is 5.69 Å². The van der Waals surface area contributed by atoms with Crippen LogP contribution in [0.2, 0.25) is 0 Å². The van der Waals surface area contributed by atoms with Gasteiger partial charge in [0.15, 0.2) is 5.75 Å². The highest BCUT2D eigenvalue weighted by molar-refractivity contribution is 5.91. The Labute approximate surface area is 150 Å². The topological polar surface area (TPSA) is 81.5 Å². The maximum atomic E-state index is 13.5. The van der Waals surface area contributed by atoms with E-state index in [1.165, 1.54) is 30.4 Å². The number of nitrogens with one attached hydrogen (secondary N) is 1. The van der Waals surface area contributed by atoms with Crippen molar-refractivity contribution in [2.24, 2.45) is 0 Å². The fraction of sp³-hybridized carbons (Fsp3) is 0.211. The molecule has 26 heavy (non-hydrogen) atoms. The van der Waals surface area contributed by atoms with Crippen LogP contribution in [-0.4, -0.2) is 17.4 Å². The van der Waals surface area contributed by atoms with Crippen molar-refractivity contribution in [3.05, 3.63) is 75.6 Å². The number of hydrogen-bond donors (Lipinski definition) is 1. The average molecular weight is 358 g/mol. The molecule has 0 unspecified atom stereocenters. The van der Waals surface area contributed by atoms with Crippen LogP contribution in [0.15, 0.2) is 48.5 Å². The molecule has 0 aliphatic rings. The summed E-state index contributed by atoms with van der Waals surface area (Å²) in [6, 6.07) is 10.6. The normalized spacial score (nSPS) is 10.7. The molecular weight excluding hydrogens is 339 g/mol. The van der Waals surface area contributed by atoms with Crippen LogP contribution in [-0.2, 0) is 11.3 Å². The quantitative estimate of drug-likeness (QED) is 0.441. The maximum absolute atomic E-state index is 13.5. The van der Waals surface area contributed by atoms with Crippen molar-refractivity contribution in [1.29, 1.82) is 0 Å². The van der Waals surface area contributed by atoms with E-state index in [0.717, 1.165) is 6.42 Å². The Morgan fingerprint density at radius 1 is 1.31 bits per heavy atom. The average Bonchev–Trinajstić information content (AvgIpc) is 2.64. The number of nitro groups is 1. The van der Waals surface area contributed by atoms with Gasteiger partial charge in [0, 0.05) is 24.3 Å². The Bertz CT molecular complexity index is 821. The van der Waals surface area contributed by atoms with Gasteiger partial charge in [-0.1, -0.05) is 31.2 Å². The highest BCUT2D eigenvalue weighted by Gasteiger charge is 2.15. The third-order valence-electron chi connectivity index (χ3n) is 3.48. The maximum Gasteiger partial charge on any atom is 0.311 e. The molecule has 0 aromatic heterocycles. The van der Waals surface area contributed by atoms with Gasteiger partial charge in [-0.15, -0.1) is 0 Å². The van der Waals surface area contributed by atoms with Gasteiger partial charge in [0.2, 0.25) is 5.91 Å². The number of benzene rings is 2. The molecule has 2 rings (SSSR count). The van der Waals surface area contributed by atoms with Crippen molar-refractivity contribution in [2.45, 2.75) is 19.9 Å². The molecule has 2 aromatic carbocycles. The summed E-state index contributed by atoms with van der Waals surface area (Å²) in [4.78, 5) is 22.5. The van der Waals surface area contributed by atoms with Gasteiger partial charge in [0.05, 0.1) is 11.5 Å². The fourth-order valence-corrected chi connectivity index (χ4v) is 2.17. The van der Waals surface area contributed by atoms with E-state index in [1.54, 1.807) is 24.3 Å². The number of amides is 1. The third kappa shape index (κ3) is 5.41. The van der Waals surface area contributed by atoms with Gasteiger partial charge in [-0.25, -0.2) is 4.39 Å². The Morgan fingerprint density at radius 2 is 2.08 bits per heavy atom. The molecule has 0 heterocycles. The number of carbonyl (C=O) groups excluding carboxylic acids is 1. The largest absolute Gasteiger partial charge is 0.487 e. The number of hydrogen-bond acceptors (Lipinski definition) is 4. The van der Waals surface area contributed by atoms with Crippen molar-refractivity contribution >= 4 is 17.7 Å². The van der Waals surface area contributed by atoms with Crippen molar-refractivity contribution in [3.8, 4) is 5.75 Å². The second-order valence-electron chi connectivity index (χ2n) is 5.48. The van der Waals surface area contributed by atoms with Crippen LogP contribution >= 0.6 is 0 Å². The molecule has 7 heteroatoms. The van der Waals surface area contributed by atoms with E-state index in [1.807, 2.05) is 6.92 Å². The van der Waals surface area contributed by atoms with Crippen molar-refractivity contribution in [2.75, 3.05) is 6.61 Å². The smallest absolute Gasteiger partial charge is 0.311 e. The summed E-state index contributed by atoms with van der Waals surface area (Å²) in [5.74, 6) is -0.629. The second-order valence-corrected chi connectivity index (χ2v) is 5.48. The molecule has 1 amide bonds. The lowest BCUT2D eigenvalue weighted by Gasteiger charge is -2.06. The van der Waals surface area contributed by atoms with Crippen LogP contribution in [0.5, 0.6) is 5.75 Å². The van der Waals surface area contributed by atoms with Crippen molar-refractivity contribution in [3.63, 3.8) is 0 Å². The van der Waals surface area contributed by atoms with Crippen LogP contribution in [0.3, 0.4) is 0 Å². The Morgan fingerprint density at radius 3 is 2.77 bits per heavy atom. The molecule has 0 aliphatic carbocycles. The lowest BCUT2D eigenvalue weighted by molar-refractivity contribution is -0.385. The summed E-state index contributed by atoms with van der Waals surface area (Å²) in [7, 11) is 0. The lowest BCUT2D eigenvalue weighted by Crippen LogP contribution is -2.20. The molecule has 0 fully saturated rings. The minimum atomic E-state index is -0.527. The molecule has 0 radical (unpaired) electrons. The number of nitrogens with zero attached hydrogens (tertiary/aromatic N) is 1. The predicted octanol–water partition coefficient (Wildman–Crippen LogP) is 3.85. The monoisotopic (exact) mass is 358 g/mol. The van der Waals surface area contributed by atoms with E-state index < -0.39 is 16.6 Å². The summed E-state index contributed by atoms with van der Waals surface area (Å²) in [6.45, 7) is 2.34. The fourth-order valence-electron chi connectivity index (χ4n) is 2.17. The number of halogens is 1. The van der Waals surface area contributed by atoms with E-state index in [2.05, 4.69) is 5.32 Å². The Kier molecular flexibility index (Phi) is 6.84. The SMILES string of the molecule is CCCOc1ccc(/C=C/C(=O)NCc2ccccc2F)cc1[N+](=O)[O-]. The molecule has 0 atom stereocenters. The van der Waals surface area contributed by atoms with E-state index in [4.69, 9.17) is 4.74 Å². The van der Waals surface area contributed by atoms with E-state index in [0.29, 0.717) is 17.7 Å². The summed E-state index contributed by atoms with van der Waals surface area (Å²) in [5.41, 5.74) is 0.705. The van der Waals surface area contributed by atoms with E-state index in [-0.39, 0.29) is 18.0 Å². The van der Waals surface area contributed by atoms with Crippen molar-refractivity contribution in [1.82, 2.24) is 5.32 Å². The van der Waals surface area contributed by atoms with Gasteiger partial charge < -0.3 is 10.1 Å². The molecule has 6 nitrogen and oxygen atoms in total. The van der Waals surface area contributed by atoms with Gasteiger partial charge in [-0.05, 0) is 30.2 Å². The van der Waals surface area contributed by atoms with E-state index in [9.17, 15) is 19.3 Å². The van der Waals surface area contributed by atoms with Gasteiger partial charge in [-0.3, -0.25) is 14.9 Å². The molecular formula is C19H19FN2O4. The first-order valence-corrected chi connectivity index (χ1v) is 8.11. The number of rotatable bonds is 8. The van der Waals surface area contributed by atoms with Crippen LogP contribution < -0.4 is 10.1 Å². The Hall–Kier alpha value is -3.22. The third-order valence-corrected chi connectivity index (χ3v) is 3.48. The van der Waals surface area contributed by atoms with Crippen LogP contribution in [0.1, 0.15) is 24.5 Å². The molecule has 0 saturated carbocycles. The number of ether oxygens (including phenoxy) is 1. The molecule has 1 N–H and O–H groups in total. The number of nitro benzene ring substituents is 1.